The highest BCUT2D eigenvalue weighted by molar-refractivity contribution is 5.91. The average molecular weight is 318 g/mol. The van der Waals surface area contributed by atoms with Gasteiger partial charge in [-0.2, -0.15) is 5.10 Å². The predicted molar refractivity (Wildman–Crippen MR) is 91.0 cm³/mol. The number of fused-ring (bicyclic) bond motifs is 1. The van der Waals surface area contributed by atoms with Crippen LogP contribution in [0.2, 0.25) is 0 Å². The van der Waals surface area contributed by atoms with Crippen LogP contribution in [-0.2, 0) is 7.05 Å². The van der Waals surface area contributed by atoms with E-state index in [-0.39, 0.29) is 5.88 Å². The molecule has 3 heterocycles. The normalized spacial score (nSPS) is 11.0. The van der Waals surface area contributed by atoms with Gasteiger partial charge >= 0.3 is 0 Å². The molecule has 3 N–H and O–H groups in total. The molecule has 0 saturated carbocycles. The lowest BCUT2D eigenvalue weighted by Gasteiger charge is -2.08. The molecule has 0 atom stereocenters. The molecule has 4 aromatic rings. The van der Waals surface area contributed by atoms with Crippen molar-refractivity contribution in [1.82, 2.24) is 24.7 Å². The Kier molecular flexibility index (Phi) is 3.13. The summed E-state index contributed by atoms with van der Waals surface area (Å²) in [7, 11) is 1.84. The smallest absolute Gasteiger partial charge is 0.218 e. The molecular weight excluding hydrogens is 304 g/mol. The maximum absolute atomic E-state index is 9.84. The SMILES string of the molecule is Cn1ccc(-c2nc(N)cnc2-c2ccc3c(O)nccc3c2)n1. The number of pyridine rings is 1. The van der Waals surface area contributed by atoms with Crippen LogP contribution >= 0.6 is 0 Å². The van der Waals surface area contributed by atoms with Crippen molar-refractivity contribution in [3.63, 3.8) is 0 Å². The third kappa shape index (κ3) is 2.32. The van der Waals surface area contributed by atoms with E-state index < -0.39 is 0 Å². The molecule has 1 aromatic carbocycles. The third-order valence-corrected chi connectivity index (χ3v) is 3.76. The van der Waals surface area contributed by atoms with Gasteiger partial charge in [0.25, 0.3) is 0 Å². The Balaban J connectivity index is 1.93. The number of rotatable bonds is 2. The van der Waals surface area contributed by atoms with Gasteiger partial charge in [0.2, 0.25) is 5.88 Å². The first kappa shape index (κ1) is 14.1. The first-order valence-electron chi connectivity index (χ1n) is 7.32. The summed E-state index contributed by atoms with van der Waals surface area (Å²) in [6.07, 6.45) is 4.93. The number of aryl methyl sites for hydroxylation is 1. The molecule has 118 valence electrons. The molecule has 0 spiro atoms. The fourth-order valence-corrected chi connectivity index (χ4v) is 2.64. The second-order valence-electron chi connectivity index (χ2n) is 5.44. The van der Waals surface area contributed by atoms with E-state index in [4.69, 9.17) is 5.73 Å². The second kappa shape index (κ2) is 5.31. The molecule has 4 rings (SSSR count). The first-order valence-corrected chi connectivity index (χ1v) is 7.32. The van der Waals surface area contributed by atoms with Crippen molar-refractivity contribution in [2.75, 3.05) is 5.73 Å². The van der Waals surface area contributed by atoms with E-state index in [1.54, 1.807) is 10.9 Å². The van der Waals surface area contributed by atoms with E-state index >= 15 is 0 Å². The fraction of sp³-hybridized carbons (Fsp3) is 0.0588. The number of aromatic hydroxyl groups is 1. The molecule has 24 heavy (non-hydrogen) atoms. The number of nitrogens with zero attached hydrogens (tertiary/aromatic N) is 5. The van der Waals surface area contributed by atoms with Crippen LogP contribution in [0.25, 0.3) is 33.4 Å². The topological polar surface area (TPSA) is 103 Å². The van der Waals surface area contributed by atoms with Gasteiger partial charge in [-0.1, -0.05) is 6.07 Å². The number of benzene rings is 1. The summed E-state index contributed by atoms with van der Waals surface area (Å²) < 4.78 is 1.70. The Hall–Kier alpha value is -3.48. The van der Waals surface area contributed by atoms with Gasteiger partial charge in [-0.15, -0.1) is 0 Å². The maximum Gasteiger partial charge on any atom is 0.218 e. The Morgan fingerprint density at radius 1 is 1.08 bits per heavy atom. The van der Waals surface area contributed by atoms with Crippen LogP contribution in [-0.4, -0.2) is 29.8 Å². The summed E-state index contributed by atoms with van der Waals surface area (Å²) in [4.78, 5) is 12.7. The van der Waals surface area contributed by atoms with Crippen molar-refractivity contribution >= 4 is 16.6 Å². The van der Waals surface area contributed by atoms with Gasteiger partial charge in [0.05, 0.1) is 11.9 Å². The Labute approximate surface area is 137 Å². The van der Waals surface area contributed by atoms with E-state index in [0.717, 1.165) is 10.9 Å². The highest BCUT2D eigenvalue weighted by Crippen LogP contribution is 2.31. The lowest BCUT2D eigenvalue weighted by atomic mass is 10.0. The molecule has 3 aromatic heterocycles. The van der Waals surface area contributed by atoms with Crippen LogP contribution in [0.4, 0.5) is 5.82 Å². The Bertz CT molecular complexity index is 1060. The maximum atomic E-state index is 9.84. The summed E-state index contributed by atoms with van der Waals surface area (Å²) >= 11 is 0. The van der Waals surface area contributed by atoms with E-state index in [0.29, 0.717) is 28.3 Å². The number of hydrogen-bond acceptors (Lipinski definition) is 6. The van der Waals surface area contributed by atoms with Gasteiger partial charge in [-0.3, -0.25) is 9.67 Å². The molecule has 0 amide bonds. The van der Waals surface area contributed by atoms with Crippen molar-refractivity contribution in [3.8, 4) is 28.5 Å². The molecule has 7 heteroatoms. The molecule has 0 unspecified atom stereocenters. The first-order chi connectivity index (χ1) is 11.6. The van der Waals surface area contributed by atoms with Gasteiger partial charge in [-0.25, -0.2) is 9.97 Å². The average Bonchev–Trinajstić information content (AvgIpc) is 3.01. The van der Waals surface area contributed by atoms with Gasteiger partial charge < -0.3 is 10.8 Å². The quantitative estimate of drug-likeness (QED) is 0.588. The third-order valence-electron chi connectivity index (χ3n) is 3.76. The highest BCUT2D eigenvalue weighted by Gasteiger charge is 2.14. The van der Waals surface area contributed by atoms with Crippen LogP contribution in [0, 0.1) is 0 Å². The van der Waals surface area contributed by atoms with Crippen molar-refractivity contribution in [1.29, 1.82) is 0 Å². The van der Waals surface area contributed by atoms with Crippen molar-refractivity contribution in [3.05, 3.63) is 48.9 Å². The second-order valence-corrected chi connectivity index (χ2v) is 5.44. The lowest BCUT2D eigenvalue weighted by Crippen LogP contribution is -1.99. The summed E-state index contributed by atoms with van der Waals surface area (Å²) in [5.74, 6) is 0.342. The van der Waals surface area contributed by atoms with Crippen LogP contribution < -0.4 is 5.73 Å². The minimum absolute atomic E-state index is 0.00684. The standard InChI is InChI=1S/C17H14N6O/c1-23-7-5-13(22-23)16-15(20-9-14(18)21-16)11-2-3-12-10(8-11)4-6-19-17(12)24/h2-9H,1H3,(H2,18,21)(H,19,24). The van der Waals surface area contributed by atoms with E-state index in [1.807, 2.05) is 43.6 Å². The monoisotopic (exact) mass is 318 g/mol. The predicted octanol–water partition coefficient (Wildman–Crippen LogP) is 2.38. The molecule has 0 saturated heterocycles. The fourth-order valence-electron chi connectivity index (χ4n) is 2.64. The van der Waals surface area contributed by atoms with Crippen LogP contribution in [0.3, 0.4) is 0 Å². The van der Waals surface area contributed by atoms with Crippen LogP contribution in [0.5, 0.6) is 5.88 Å². The Morgan fingerprint density at radius 2 is 1.96 bits per heavy atom. The van der Waals surface area contributed by atoms with Crippen molar-refractivity contribution in [2.45, 2.75) is 0 Å². The molecule has 0 radical (unpaired) electrons. The van der Waals surface area contributed by atoms with E-state index in [2.05, 4.69) is 20.1 Å². The number of anilines is 1. The highest BCUT2D eigenvalue weighted by atomic mass is 16.3. The summed E-state index contributed by atoms with van der Waals surface area (Å²) in [5, 5.41) is 15.8. The van der Waals surface area contributed by atoms with Gasteiger partial charge in [0.1, 0.15) is 17.2 Å². The number of nitrogen functional groups attached to an aromatic ring is 1. The van der Waals surface area contributed by atoms with Gasteiger partial charge in [0, 0.05) is 30.4 Å². The summed E-state index contributed by atoms with van der Waals surface area (Å²) in [6, 6.07) is 9.32. The van der Waals surface area contributed by atoms with Crippen LogP contribution in [0.15, 0.2) is 48.9 Å². The van der Waals surface area contributed by atoms with E-state index in [1.165, 1.54) is 6.20 Å². The lowest BCUT2D eigenvalue weighted by molar-refractivity contribution is 0.460. The number of nitrogens with two attached hydrogens (primary N) is 1. The van der Waals surface area contributed by atoms with Gasteiger partial charge in [-0.05, 0) is 29.7 Å². The summed E-state index contributed by atoms with van der Waals surface area (Å²) in [6.45, 7) is 0. The number of hydrogen-bond donors (Lipinski definition) is 2. The molecule has 0 aliphatic heterocycles. The zero-order valence-electron chi connectivity index (χ0n) is 12.9. The largest absolute Gasteiger partial charge is 0.493 e. The zero-order chi connectivity index (χ0) is 16.7. The molecule has 0 aliphatic carbocycles. The van der Waals surface area contributed by atoms with Gasteiger partial charge in [0.15, 0.2) is 0 Å². The summed E-state index contributed by atoms with van der Waals surface area (Å²) in [5.41, 5.74) is 8.67. The van der Waals surface area contributed by atoms with Crippen molar-refractivity contribution < 1.29 is 5.11 Å². The minimum Gasteiger partial charge on any atom is -0.493 e. The molecular formula is C17H14N6O. The molecule has 0 aliphatic rings. The molecule has 7 nitrogen and oxygen atoms in total. The number of aromatic nitrogens is 5. The van der Waals surface area contributed by atoms with E-state index in [9.17, 15) is 5.11 Å². The minimum atomic E-state index is 0.00684. The molecule has 0 bridgehead atoms. The van der Waals surface area contributed by atoms with Crippen LogP contribution in [0.1, 0.15) is 0 Å². The molecule has 0 fully saturated rings. The van der Waals surface area contributed by atoms with Crippen molar-refractivity contribution in [2.24, 2.45) is 7.05 Å². The Morgan fingerprint density at radius 3 is 2.75 bits per heavy atom. The zero-order valence-corrected chi connectivity index (χ0v) is 12.9.